The highest BCUT2D eigenvalue weighted by Gasteiger charge is 2.33. The van der Waals surface area contributed by atoms with Crippen LogP contribution < -0.4 is 10.9 Å². The molecule has 0 spiro atoms. The second-order valence-electron chi connectivity index (χ2n) is 8.36. The first-order chi connectivity index (χ1) is 13.5. The number of nitrogens with zero attached hydrogens (tertiary/aromatic N) is 2. The van der Waals surface area contributed by atoms with Gasteiger partial charge in [-0.3, -0.25) is 9.59 Å². The molecule has 28 heavy (non-hydrogen) atoms. The molecule has 2 aliphatic heterocycles. The lowest BCUT2D eigenvalue weighted by Crippen LogP contribution is -2.51. The molecule has 0 aliphatic carbocycles. The molecule has 2 fully saturated rings. The van der Waals surface area contributed by atoms with E-state index in [-0.39, 0.29) is 11.5 Å². The number of methoxy groups -OCH3 is 1. The highest BCUT2D eigenvalue weighted by molar-refractivity contribution is 5.95. The number of rotatable bonds is 7. The van der Waals surface area contributed by atoms with Gasteiger partial charge in [-0.25, -0.2) is 0 Å². The lowest BCUT2D eigenvalue weighted by Gasteiger charge is -2.44. The largest absolute Gasteiger partial charge is 0.385 e. The zero-order chi connectivity index (χ0) is 20.1. The minimum Gasteiger partial charge on any atom is -0.385 e. The van der Waals surface area contributed by atoms with Crippen molar-refractivity contribution in [1.82, 2.24) is 14.8 Å². The van der Waals surface area contributed by atoms with Crippen LogP contribution >= 0.6 is 0 Å². The molecule has 2 atom stereocenters. The lowest BCUT2D eigenvalue weighted by atomic mass is 9.83. The van der Waals surface area contributed by atoms with Crippen LogP contribution in [0.4, 0.5) is 0 Å². The number of carbonyl (C=O) groups excluding carboxylic acids is 1. The van der Waals surface area contributed by atoms with Crippen LogP contribution in [0.1, 0.15) is 60.1 Å². The normalized spacial score (nSPS) is 22.7. The molecule has 0 bridgehead atoms. The van der Waals surface area contributed by atoms with E-state index in [1.54, 1.807) is 11.7 Å². The van der Waals surface area contributed by atoms with Crippen LogP contribution in [0.3, 0.4) is 0 Å². The molecule has 6 nitrogen and oxygen atoms in total. The number of hydrogen-bond donors (Lipinski definition) is 1. The van der Waals surface area contributed by atoms with Gasteiger partial charge >= 0.3 is 0 Å². The molecule has 1 aromatic heterocycles. The monoisotopic (exact) mass is 389 g/mol. The van der Waals surface area contributed by atoms with Crippen molar-refractivity contribution in [2.24, 2.45) is 5.92 Å². The number of aryl methyl sites for hydroxylation is 2. The number of carbonyl (C=O) groups is 1. The topological polar surface area (TPSA) is 63.6 Å². The summed E-state index contributed by atoms with van der Waals surface area (Å²) in [6.07, 6.45) is 6.93. The number of fused-ring (bicyclic) bond motifs is 1. The van der Waals surface area contributed by atoms with Crippen molar-refractivity contribution in [1.29, 1.82) is 0 Å². The fourth-order valence-electron chi connectivity index (χ4n) is 4.98. The van der Waals surface area contributed by atoms with E-state index in [0.29, 0.717) is 37.2 Å². The zero-order valence-corrected chi connectivity index (χ0v) is 17.6. The summed E-state index contributed by atoms with van der Waals surface area (Å²) in [5, 5.41) is 3.09. The first-order valence-electron chi connectivity index (χ1n) is 10.7. The maximum Gasteiger partial charge on any atom is 0.263 e. The molecule has 2 saturated heterocycles. The highest BCUT2D eigenvalue weighted by atomic mass is 16.5. The van der Waals surface area contributed by atoms with Crippen molar-refractivity contribution in [2.45, 2.75) is 65.0 Å². The first-order valence-corrected chi connectivity index (χ1v) is 10.7. The molecule has 156 valence electrons. The number of aromatic nitrogens is 1. The molecule has 3 heterocycles. The molecule has 2 aliphatic rings. The van der Waals surface area contributed by atoms with E-state index in [1.807, 2.05) is 19.9 Å². The Morgan fingerprint density at radius 3 is 2.79 bits per heavy atom. The van der Waals surface area contributed by atoms with Crippen LogP contribution in [0, 0.1) is 19.8 Å². The molecular formula is C22H35N3O3. The van der Waals surface area contributed by atoms with Crippen molar-refractivity contribution < 1.29 is 9.53 Å². The van der Waals surface area contributed by atoms with Gasteiger partial charge in [-0.05, 0) is 76.6 Å². The minimum atomic E-state index is -0.226. The summed E-state index contributed by atoms with van der Waals surface area (Å²) in [6, 6.07) is 2.53. The van der Waals surface area contributed by atoms with Crippen molar-refractivity contribution >= 4 is 5.91 Å². The molecule has 1 amide bonds. The molecule has 0 aromatic carbocycles. The summed E-state index contributed by atoms with van der Waals surface area (Å²) >= 11 is 0. The number of nitrogens with one attached hydrogen (secondary N) is 1. The van der Waals surface area contributed by atoms with E-state index in [9.17, 15) is 9.59 Å². The molecule has 3 rings (SSSR count). The highest BCUT2D eigenvalue weighted by Crippen LogP contribution is 2.30. The molecule has 1 aromatic rings. The van der Waals surface area contributed by atoms with Gasteiger partial charge in [0.15, 0.2) is 0 Å². The first kappa shape index (κ1) is 21.1. The van der Waals surface area contributed by atoms with Gasteiger partial charge in [-0.15, -0.1) is 0 Å². The number of piperidine rings is 2. The van der Waals surface area contributed by atoms with Crippen molar-refractivity contribution in [3.8, 4) is 0 Å². The number of pyridine rings is 1. The Morgan fingerprint density at radius 1 is 1.21 bits per heavy atom. The van der Waals surface area contributed by atoms with Crippen molar-refractivity contribution in [3.63, 3.8) is 0 Å². The molecule has 6 heteroatoms. The van der Waals surface area contributed by atoms with E-state index in [0.717, 1.165) is 24.1 Å². The van der Waals surface area contributed by atoms with Gasteiger partial charge < -0.3 is 19.5 Å². The standard InChI is InChI=1S/C22H35N3O3/c1-16-14-17(2)25(12-7-13-28-3)22(27)20(16)21(26)23-15-18-8-6-11-24-10-5-4-9-19(18)24/h14,18-19H,4-13,15H2,1-3H3,(H,23,26)/t18-,19+/m1/s1. The quantitative estimate of drug-likeness (QED) is 0.728. The Kier molecular flexibility index (Phi) is 7.30. The van der Waals surface area contributed by atoms with E-state index < -0.39 is 0 Å². The maximum absolute atomic E-state index is 13.0. The van der Waals surface area contributed by atoms with Crippen LogP contribution in [0.5, 0.6) is 0 Å². The van der Waals surface area contributed by atoms with E-state index >= 15 is 0 Å². The molecule has 0 saturated carbocycles. The fourth-order valence-corrected chi connectivity index (χ4v) is 4.98. The average Bonchev–Trinajstić information content (AvgIpc) is 2.68. The van der Waals surface area contributed by atoms with Crippen LogP contribution in [0.2, 0.25) is 0 Å². The predicted octanol–water partition coefficient (Wildman–Crippen LogP) is 2.50. The SMILES string of the molecule is COCCCn1c(C)cc(C)c(C(=O)NC[C@H]2CCCN3CCCC[C@@H]23)c1=O. The Morgan fingerprint density at radius 2 is 2.00 bits per heavy atom. The minimum absolute atomic E-state index is 0.186. The zero-order valence-electron chi connectivity index (χ0n) is 17.6. The summed E-state index contributed by atoms with van der Waals surface area (Å²) in [5.74, 6) is 0.267. The van der Waals surface area contributed by atoms with E-state index in [2.05, 4.69) is 10.2 Å². The van der Waals surface area contributed by atoms with Gasteiger partial charge in [0.1, 0.15) is 5.56 Å². The Bertz CT molecular complexity index is 741. The summed E-state index contributed by atoms with van der Waals surface area (Å²) in [4.78, 5) is 28.5. The van der Waals surface area contributed by atoms with Crippen LogP contribution in [-0.2, 0) is 11.3 Å². The molecule has 1 N–H and O–H groups in total. The Labute approximate surface area is 168 Å². The second-order valence-corrected chi connectivity index (χ2v) is 8.36. The van der Waals surface area contributed by atoms with Crippen molar-refractivity contribution in [2.75, 3.05) is 33.4 Å². The van der Waals surface area contributed by atoms with Gasteiger partial charge in [0.05, 0.1) is 0 Å². The van der Waals surface area contributed by atoms with Crippen LogP contribution in [0.15, 0.2) is 10.9 Å². The second kappa shape index (κ2) is 9.70. The summed E-state index contributed by atoms with van der Waals surface area (Å²) in [6.45, 7) is 7.99. The molecule has 0 unspecified atom stereocenters. The van der Waals surface area contributed by atoms with Gasteiger partial charge in [0.25, 0.3) is 11.5 Å². The van der Waals surface area contributed by atoms with Gasteiger partial charge in [-0.1, -0.05) is 6.42 Å². The molecular weight excluding hydrogens is 354 g/mol. The summed E-state index contributed by atoms with van der Waals surface area (Å²) in [5.41, 5.74) is 1.75. The Hall–Kier alpha value is -1.66. The number of hydrogen-bond acceptors (Lipinski definition) is 4. The summed E-state index contributed by atoms with van der Waals surface area (Å²) in [7, 11) is 1.66. The molecule has 0 radical (unpaired) electrons. The number of ether oxygens (including phenoxy) is 1. The maximum atomic E-state index is 13.0. The third-order valence-corrected chi connectivity index (χ3v) is 6.42. The average molecular weight is 390 g/mol. The van der Waals surface area contributed by atoms with Crippen LogP contribution in [-0.4, -0.2) is 54.8 Å². The Balaban J connectivity index is 1.69. The van der Waals surface area contributed by atoms with Crippen molar-refractivity contribution in [3.05, 3.63) is 33.2 Å². The fraction of sp³-hybridized carbons (Fsp3) is 0.727. The predicted molar refractivity (Wildman–Crippen MR) is 111 cm³/mol. The third kappa shape index (κ3) is 4.66. The van der Waals surface area contributed by atoms with Gasteiger partial charge in [-0.2, -0.15) is 0 Å². The smallest absolute Gasteiger partial charge is 0.263 e. The van der Waals surface area contributed by atoms with Crippen LogP contribution in [0.25, 0.3) is 0 Å². The van der Waals surface area contributed by atoms with E-state index in [1.165, 1.54) is 38.8 Å². The number of amides is 1. The van der Waals surface area contributed by atoms with Gasteiger partial charge in [0.2, 0.25) is 0 Å². The summed E-state index contributed by atoms with van der Waals surface area (Å²) < 4.78 is 6.79. The lowest BCUT2D eigenvalue weighted by molar-refractivity contribution is 0.0575. The van der Waals surface area contributed by atoms with Gasteiger partial charge in [0, 0.05) is 38.5 Å². The van der Waals surface area contributed by atoms with E-state index in [4.69, 9.17) is 4.74 Å². The third-order valence-electron chi connectivity index (χ3n) is 6.42.